The summed E-state index contributed by atoms with van der Waals surface area (Å²) in [5, 5.41) is 4.89. The van der Waals surface area contributed by atoms with Crippen LogP contribution in [-0.4, -0.2) is 45.3 Å². The zero-order chi connectivity index (χ0) is 20.4. The first-order valence-electron chi connectivity index (χ1n) is 8.10. The number of imide groups is 1. The molecule has 148 valence electrons. The topological polar surface area (TPSA) is 103 Å². The number of rotatable bonds is 8. The van der Waals surface area contributed by atoms with Crippen LogP contribution in [0.5, 0.6) is 11.5 Å². The molecular weight excluding hydrogens is 376 g/mol. The third kappa shape index (κ3) is 8.00. The van der Waals surface area contributed by atoms with Crippen molar-refractivity contribution >= 4 is 35.6 Å². The Bertz CT molecular complexity index is 718. The maximum atomic E-state index is 11.7. The SMILES string of the molecule is COc1cc(/C=C/C(=O)OCC(=O)NC(=O)NCC(C)C)cc(Cl)c1OC. The summed E-state index contributed by atoms with van der Waals surface area (Å²) in [6.07, 6.45) is 2.58. The number of carbonyl (C=O) groups excluding carboxylic acids is 3. The molecule has 0 aliphatic carbocycles. The van der Waals surface area contributed by atoms with E-state index >= 15 is 0 Å². The van der Waals surface area contributed by atoms with E-state index in [4.69, 9.17) is 25.8 Å². The molecule has 0 saturated heterocycles. The molecule has 0 saturated carbocycles. The van der Waals surface area contributed by atoms with E-state index in [1.165, 1.54) is 20.3 Å². The molecule has 9 heteroatoms. The average molecular weight is 399 g/mol. The predicted molar refractivity (Wildman–Crippen MR) is 101 cm³/mol. The highest BCUT2D eigenvalue weighted by atomic mass is 35.5. The third-order valence-corrected chi connectivity index (χ3v) is 3.42. The van der Waals surface area contributed by atoms with E-state index < -0.39 is 24.5 Å². The van der Waals surface area contributed by atoms with Crippen LogP contribution in [0, 0.1) is 5.92 Å². The highest BCUT2D eigenvalue weighted by Crippen LogP contribution is 2.36. The number of ether oxygens (including phenoxy) is 3. The van der Waals surface area contributed by atoms with Gasteiger partial charge in [0.25, 0.3) is 5.91 Å². The number of urea groups is 1. The monoisotopic (exact) mass is 398 g/mol. The Morgan fingerprint density at radius 3 is 2.48 bits per heavy atom. The Morgan fingerprint density at radius 1 is 1.19 bits per heavy atom. The fourth-order valence-corrected chi connectivity index (χ4v) is 2.18. The standard InChI is InChI=1S/C18H23ClN2O6/c1-11(2)9-20-18(24)21-15(22)10-27-16(23)6-5-12-7-13(19)17(26-4)14(8-12)25-3/h5-8,11H,9-10H2,1-4H3,(H2,20,21,22,24)/b6-5+. The quantitative estimate of drug-likeness (QED) is 0.515. The lowest BCUT2D eigenvalue weighted by Crippen LogP contribution is -2.42. The first-order valence-corrected chi connectivity index (χ1v) is 8.48. The van der Waals surface area contributed by atoms with E-state index in [-0.39, 0.29) is 5.92 Å². The lowest BCUT2D eigenvalue weighted by Gasteiger charge is -2.10. The Hall–Kier alpha value is -2.74. The summed E-state index contributed by atoms with van der Waals surface area (Å²) < 4.78 is 15.1. The van der Waals surface area contributed by atoms with Gasteiger partial charge in [0.1, 0.15) is 0 Å². The summed E-state index contributed by atoms with van der Waals surface area (Å²) >= 11 is 6.08. The molecule has 0 unspecified atom stereocenters. The average Bonchev–Trinajstić information content (AvgIpc) is 2.62. The molecule has 0 atom stereocenters. The van der Waals surface area contributed by atoms with Gasteiger partial charge < -0.3 is 19.5 Å². The van der Waals surface area contributed by atoms with Crippen LogP contribution < -0.4 is 20.1 Å². The van der Waals surface area contributed by atoms with Crippen LogP contribution in [0.1, 0.15) is 19.4 Å². The fourth-order valence-electron chi connectivity index (χ4n) is 1.89. The second-order valence-corrected chi connectivity index (χ2v) is 6.24. The largest absolute Gasteiger partial charge is 0.493 e. The molecule has 0 aromatic heterocycles. The van der Waals surface area contributed by atoms with Crippen molar-refractivity contribution in [2.24, 2.45) is 5.92 Å². The van der Waals surface area contributed by atoms with Crippen molar-refractivity contribution in [3.05, 3.63) is 28.8 Å². The van der Waals surface area contributed by atoms with Crippen LogP contribution in [-0.2, 0) is 14.3 Å². The van der Waals surface area contributed by atoms with E-state index in [0.29, 0.717) is 28.6 Å². The van der Waals surface area contributed by atoms with Crippen molar-refractivity contribution in [3.8, 4) is 11.5 Å². The smallest absolute Gasteiger partial charge is 0.331 e. The number of hydrogen-bond acceptors (Lipinski definition) is 6. The Labute approximate surface area is 162 Å². The summed E-state index contributed by atoms with van der Waals surface area (Å²) in [7, 11) is 2.93. The first kappa shape index (κ1) is 22.3. The molecule has 2 N–H and O–H groups in total. The molecule has 1 aromatic rings. The predicted octanol–water partition coefficient (Wildman–Crippen LogP) is 2.40. The van der Waals surface area contributed by atoms with Crippen molar-refractivity contribution < 1.29 is 28.6 Å². The Morgan fingerprint density at radius 2 is 1.89 bits per heavy atom. The van der Waals surface area contributed by atoms with Gasteiger partial charge in [-0.3, -0.25) is 10.1 Å². The normalized spacial score (nSPS) is 10.6. The van der Waals surface area contributed by atoms with E-state index in [2.05, 4.69) is 10.6 Å². The number of amides is 3. The molecule has 1 aromatic carbocycles. The molecule has 0 bridgehead atoms. The third-order valence-electron chi connectivity index (χ3n) is 3.14. The molecule has 0 radical (unpaired) electrons. The molecule has 3 amide bonds. The number of halogens is 1. The Balaban J connectivity index is 2.54. The molecule has 0 heterocycles. The van der Waals surface area contributed by atoms with Crippen LogP contribution in [0.25, 0.3) is 6.08 Å². The van der Waals surface area contributed by atoms with Gasteiger partial charge in [0.05, 0.1) is 19.2 Å². The molecule has 1 rings (SSSR count). The van der Waals surface area contributed by atoms with Crippen molar-refractivity contribution in [2.45, 2.75) is 13.8 Å². The van der Waals surface area contributed by atoms with Crippen LogP contribution in [0.4, 0.5) is 4.79 Å². The maximum absolute atomic E-state index is 11.7. The van der Waals surface area contributed by atoms with Crippen LogP contribution in [0.3, 0.4) is 0 Å². The minimum absolute atomic E-state index is 0.249. The number of nitrogens with one attached hydrogen (secondary N) is 2. The summed E-state index contributed by atoms with van der Waals surface area (Å²) in [6, 6.07) is 2.57. The van der Waals surface area contributed by atoms with E-state index in [9.17, 15) is 14.4 Å². The van der Waals surface area contributed by atoms with E-state index in [0.717, 1.165) is 6.08 Å². The zero-order valence-electron chi connectivity index (χ0n) is 15.6. The molecular formula is C18H23ClN2O6. The van der Waals surface area contributed by atoms with Gasteiger partial charge in [-0.2, -0.15) is 0 Å². The van der Waals surface area contributed by atoms with Crippen molar-refractivity contribution in [1.29, 1.82) is 0 Å². The van der Waals surface area contributed by atoms with Gasteiger partial charge in [-0.1, -0.05) is 25.4 Å². The number of methoxy groups -OCH3 is 2. The highest BCUT2D eigenvalue weighted by molar-refractivity contribution is 6.32. The second kappa shape index (κ2) is 11.1. The van der Waals surface area contributed by atoms with Gasteiger partial charge in [-0.15, -0.1) is 0 Å². The molecule has 27 heavy (non-hydrogen) atoms. The maximum Gasteiger partial charge on any atom is 0.331 e. The van der Waals surface area contributed by atoms with Crippen LogP contribution in [0.2, 0.25) is 5.02 Å². The number of benzene rings is 1. The number of carbonyl (C=O) groups is 3. The summed E-state index contributed by atoms with van der Waals surface area (Å²) in [5.74, 6) is -0.444. The van der Waals surface area contributed by atoms with Crippen molar-refractivity contribution in [2.75, 3.05) is 27.4 Å². The van der Waals surface area contributed by atoms with Gasteiger partial charge in [0.15, 0.2) is 18.1 Å². The van der Waals surface area contributed by atoms with E-state index in [1.807, 2.05) is 13.8 Å². The fraction of sp³-hybridized carbons (Fsp3) is 0.389. The van der Waals surface area contributed by atoms with Crippen LogP contribution >= 0.6 is 11.6 Å². The molecule has 8 nitrogen and oxygen atoms in total. The number of hydrogen-bond donors (Lipinski definition) is 2. The Kier molecular flexibility index (Phi) is 9.15. The molecule has 0 aliphatic rings. The second-order valence-electron chi connectivity index (χ2n) is 5.83. The van der Waals surface area contributed by atoms with Gasteiger partial charge in [0.2, 0.25) is 0 Å². The van der Waals surface area contributed by atoms with Gasteiger partial charge in [-0.05, 0) is 29.7 Å². The first-order chi connectivity index (χ1) is 12.8. The molecule has 0 aliphatic heterocycles. The summed E-state index contributed by atoms with van der Waals surface area (Å²) in [6.45, 7) is 3.68. The lowest BCUT2D eigenvalue weighted by atomic mass is 10.2. The summed E-state index contributed by atoms with van der Waals surface area (Å²) in [4.78, 5) is 34.7. The molecule has 0 fully saturated rings. The minimum Gasteiger partial charge on any atom is -0.493 e. The van der Waals surface area contributed by atoms with Gasteiger partial charge in [-0.25, -0.2) is 9.59 Å². The number of esters is 1. The minimum atomic E-state index is -0.751. The van der Waals surface area contributed by atoms with Crippen molar-refractivity contribution in [1.82, 2.24) is 10.6 Å². The molecule has 0 spiro atoms. The van der Waals surface area contributed by atoms with Crippen LogP contribution in [0.15, 0.2) is 18.2 Å². The van der Waals surface area contributed by atoms with Crippen molar-refractivity contribution in [3.63, 3.8) is 0 Å². The van der Waals surface area contributed by atoms with E-state index in [1.54, 1.807) is 12.1 Å². The van der Waals surface area contributed by atoms with Gasteiger partial charge >= 0.3 is 12.0 Å². The highest BCUT2D eigenvalue weighted by Gasteiger charge is 2.11. The lowest BCUT2D eigenvalue weighted by molar-refractivity contribution is -0.143. The zero-order valence-corrected chi connectivity index (χ0v) is 16.4. The summed E-state index contributed by atoms with van der Waals surface area (Å²) in [5.41, 5.74) is 0.576. The van der Waals surface area contributed by atoms with Gasteiger partial charge in [0, 0.05) is 12.6 Å².